The Labute approximate surface area is 341 Å². The summed E-state index contributed by atoms with van der Waals surface area (Å²) in [6, 6.07) is 32.9. The molecular formula is C46H50Cl2N8. The second-order valence-electron chi connectivity index (χ2n) is 15.5. The molecule has 1 N–H and O–H groups in total. The average molecular weight is 786 g/mol. The highest BCUT2D eigenvalue weighted by Gasteiger charge is 2.20. The van der Waals surface area contributed by atoms with Crippen LogP contribution in [-0.4, -0.2) is 67.7 Å². The maximum atomic E-state index is 5.01. The number of halogens is 2. The molecular weight excluding hydrogens is 735 g/mol. The van der Waals surface area contributed by atoms with E-state index in [-0.39, 0.29) is 24.8 Å². The summed E-state index contributed by atoms with van der Waals surface area (Å²) in [6.45, 7) is 6.74. The van der Waals surface area contributed by atoms with Gasteiger partial charge < -0.3 is 10.2 Å². The predicted octanol–water partition coefficient (Wildman–Crippen LogP) is 10.0. The second kappa shape index (κ2) is 16.7. The van der Waals surface area contributed by atoms with Crippen LogP contribution in [-0.2, 0) is 14.1 Å². The van der Waals surface area contributed by atoms with Crippen LogP contribution in [0, 0.1) is 6.92 Å². The van der Waals surface area contributed by atoms with Gasteiger partial charge in [-0.1, -0.05) is 30.3 Å². The molecule has 10 rings (SSSR count). The summed E-state index contributed by atoms with van der Waals surface area (Å²) in [5.74, 6) is 1.18. The highest BCUT2D eigenvalue weighted by molar-refractivity contribution is 5.91. The van der Waals surface area contributed by atoms with Crippen molar-refractivity contribution in [1.82, 2.24) is 39.7 Å². The number of aromatic nitrogens is 6. The topological polar surface area (TPSA) is 76.7 Å². The van der Waals surface area contributed by atoms with Crippen molar-refractivity contribution in [3.8, 4) is 22.3 Å². The smallest absolute Gasteiger partial charge is 0.0923 e. The summed E-state index contributed by atoms with van der Waals surface area (Å²) in [6.07, 6.45) is 8.91. The highest BCUT2D eigenvalue weighted by atomic mass is 35.5. The van der Waals surface area contributed by atoms with Crippen molar-refractivity contribution >= 4 is 68.4 Å². The van der Waals surface area contributed by atoms with E-state index in [2.05, 4.69) is 138 Å². The van der Waals surface area contributed by atoms with E-state index in [1.165, 1.54) is 99.5 Å². The summed E-state index contributed by atoms with van der Waals surface area (Å²) in [7, 11) is 6.13. The van der Waals surface area contributed by atoms with Crippen LogP contribution in [0.4, 0.5) is 0 Å². The Bertz CT molecular complexity index is 2630. The van der Waals surface area contributed by atoms with Gasteiger partial charge in [0.05, 0.1) is 22.1 Å². The molecule has 0 spiro atoms. The minimum Gasteiger partial charge on any atom is -0.317 e. The number of likely N-dealkylation sites (tertiary alicyclic amines) is 1. The number of fused-ring (bicyclic) bond motifs is 4. The lowest BCUT2D eigenvalue weighted by molar-refractivity contribution is 0.253. The summed E-state index contributed by atoms with van der Waals surface area (Å²) < 4.78 is 3.73. The lowest BCUT2D eigenvalue weighted by Gasteiger charge is -2.28. The van der Waals surface area contributed by atoms with E-state index in [4.69, 9.17) is 9.97 Å². The molecule has 2 fully saturated rings. The molecule has 0 unspecified atom stereocenters. The summed E-state index contributed by atoms with van der Waals surface area (Å²) in [5, 5.41) is 17.2. The monoisotopic (exact) mass is 784 g/mol. The minimum atomic E-state index is 0. The normalized spacial score (nSPS) is 15.4. The molecule has 0 bridgehead atoms. The molecule has 10 heteroatoms. The molecule has 2 aliphatic heterocycles. The van der Waals surface area contributed by atoms with Crippen LogP contribution in [0.3, 0.4) is 0 Å². The minimum absolute atomic E-state index is 0. The first kappa shape index (κ1) is 39.4. The van der Waals surface area contributed by atoms with E-state index in [0.29, 0.717) is 11.8 Å². The Balaban J connectivity index is 0.000000166. The van der Waals surface area contributed by atoms with Crippen LogP contribution in [0.15, 0.2) is 103 Å². The third-order valence-electron chi connectivity index (χ3n) is 11.5. The van der Waals surface area contributed by atoms with E-state index in [1.54, 1.807) is 0 Å². The number of aryl methyl sites for hydroxylation is 3. The quantitative estimate of drug-likeness (QED) is 0.192. The molecule has 4 aromatic carbocycles. The number of piperidine rings is 2. The zero-order chi connectivity index (χ0) is 36.8. The summed E-state index contributed by atoms with van der Waals surface area (Å²) in [5.41, 5.74) is 13.0. The third-order valence-corrected chi connectivity index (χ3v) is 11.5. The van der Waals surface area contributed by atoms with Crippen molar-refractivity contribution in [3.63, 3.8) is 0 Å². The van der Waals surface area contributed by atoms with Crippen molar-refractivity contribution in [2.24, 2.45) is 14.1 Å². The van der Waals surface area contributed by atoms with Gasteiger partial charge in [-0.15, -0.1) is 24.8 Å². The van der Waals surface area contributed by atoms with Crippen LogP contribution < -0.4 is 5.32 Å². The van der Waals surface area contributed by atoms with Crippen LogP contribution in [0.2, 0.25) is 0 Å². The number of hydrogen-bond donors (Lipinski definition) is 1. The van der Waals surface area contributed by atoms with Gasteiger partial charge in [0.25, 0.3) is 0 Å². The number of rotatable bonds is 4. The molecule has 4 aromatic heterocycles. The van der Waals surface area contributed by atoms with Gasteiger partial charge in [-0.3, -0.25) is 19.3 Å². The van der Waals surface area contributed by atoms with Gasteiger partial charge in [0.15, 0.2) is 0 Å². The summed E-state index contributed by atoms with van der Waals surface area (Å²) >= 11 is 0. The molecule has 0 aliphatic carbocycles. The fourth-order valence-corrected chi connectivity index (χ4v) is 8.44. The van der Waals surface area contributed by atoms with Gasteiger partial charge in [0, 0.05) is 71.3 Å². The first-order valence-corrected chi connectivity index (χ1v) is 19.4. The largest absolute Gasteiger partial charge is 0.317 e. The van der Waals surface area contributed by atoms with E-state index < -0.39 is 0 Å². The van der Waals surface area contributed by atoms with Crippen molar-refractivity contribution in [1.29, 1.82) is 0 Å². The Hall–Kier alpha value is -4.86. The Kier molecular flexibility index (Phi) is 11.7. The van der Waals surface area contributed by atoms with Gasteiger partial charge >= 0.3 is 0 Å². The number of nitrogens with one attached hydrogen (secondary N) is 1. The predicted molar refractivity (Wildman–Crippen MR) is 236 cm³/mol. The van der Waals surface area contributed by atoms with Gasteiger partial charge in [-0.25, -0.2) is 0 Å². The zero-order valence-electron chi connectivity index (χ0n) is 32.6. The number of pyridine rings is 2. The fourth-order valence-electron chi connectivity index (χ4n) is 8.44. The number of benzene rings is 4. The molecule has 8 nitrogen and oxygen atoms in total. The fraction of sp³-hybridized carbons (Fsp3) is 0.304. The standard InChI is InChI=1S/2C23H24N4.2ClH/c1-26-11-9-16(10-12-26)21-7-5-19-13-17(3-6-22(19)24-21)18-4-8-23-20(14-18)15-27(2)25-23;1-15-11-23(16-7-9-24-10-8-16)25-22-6-4-18(13-20(15)22)17-3-5-21-19(12-17)14-27(2)26-21;;/h3-8,13-16H,9-12H2,1-2H3;3-6,11-14,16,24H,7-10H2,1-2H3;2*1H. The van der Waals surface area contributed by atoms with E-state index in [0.717, 1.165) is 35.2 Å². The molecule has 288 valence electrons. The van der Waals surface area contributed by atoms with Crippen molar-refractivity contribution in [2.75, 3.05) is 33.2 Å². The lowest BCUT2D eigenvalue weighted by atomic mass is 9.92. The van der Waals surface area contributed by atoms with Crippen molar-refractivity contribution in [2.45, 2.75) is 44.4 Å². The molecule has 0 atom stereocenters. The van der Waals surface area contributed by atoms with Gasteiger partial charge in [-0.2, -0.15) is 10.2 Å². The van der Waals surface area contributed by atoms with Crippen LogP contribution in [0.25, 0.3) is 65.9 Å². The van der Waals surface area contributed by atoms with E-state index in [1.807, 2.05) is 23.5 Å². The lowest BCUT2D eigenvalue weighted by Crippen LogP contribution is -2.29. The van der Waals surface area contributed by atoms with E-state index >= 15 is 0 Å². The zero-order valence-corrected chi connectivity index (χ0v) is 34.2. The maximum absolute atomic E-state index is 5.01. The molecule has 2 aliphatic rings. The Morgan fingerprint density at radius 3 is 1.62 bits per heavy atom. The van der Waals surface area contributed by atoms with Crippen LogP contribution in [0.1, 0.15) is 54.5 Å². The first-order valence-electron chi connectivity index (χ1n) is 19.4. The molecule has 0 amide bonds. The van der Waals surface area contributed by atoms with Gasteiger partial charge in [0.1, 0.15) is 0 Å². The number of hydrogen-bond acceptors (Lipinski definition) is 6. The summed E-state index contributed by atoms with van der Waals surface area (Å²) in [4.78, 5) is 12.4. The molecule has 0 radical (unpaired) electrons. The van der Waals surface area contributed by atoms with E-state index in [9.17, 15) is 0 Å². The van der Waals surface area contributed by atoms with Crippen LogP contribution in [0.5, 0.6) is 0 Å². The first-order chi connectivity index (χ1) is 26.3. The molecule has 8 aromatic rings. The molecule has 2 saturated heterocycles. The third kappa shape index (κ3) is 8.16. The SMILES string of the molecule is CN1CCC(c2ccc3cc(-c4ccc5nn(C)cc5c4)ccc3n2)CC1.Cc1cc(C2CCNCC2)nc2ccc(-c3ccc4nn(C)cc4c3)cc12.Cl.Cl. The van der Waals surface area contributed by atoms with Crippen molar-refractivity contribution < 1.29 is 0 Å². The van der Waals surface area contributed by atoms with Crippen LogP contribution >= 0.6 is 24.8 Å². The highest BCUT2D eigenvalue weighted by Crippen LogP contribution is 2.33. The molecule has 6 heterocycles. The molecule has 56 heavy (non-hydrogen) atoms. The number of nitrogens with zero attached hydrogens (tertiary/aromatic N) is 7. The Morgan fingerprint density at radius 2 is 1.02 bits per heavy atom. The Morgan fingerprint density at radius 1 is 0.518 bits per heavy atom. The maximum Gasteiger partial charge on any atom is 0.0923 e. The van der Waals surface area contributed by atoms with Crippen molar-refractivity contribution in [3.05, 3.63) is 120 Å². The second-order valence-corrected chi connectivity index (χ2v) is 15.5. The molecule has 0 saturated carbocycles. The van der Waals surface area contributed by atoms with Gasteiger partial charge in [-0.05, 0) is 154 Å². The average Bonchev–Trinajstić information content (AvgIpc) is 3.77. The van der Waals surface area contributed by atoms with Gasteiger partial charge in [0.2, 0.25) is 0 Å².